The molecule has 1 spiro atoms. The van der Waals surface area contributed by atoms with Gasteiger partial charge in [-0.05, 0) is 79.5 Å². The Hall–Kier alpha value is -7.95. The Morgan fingerprint density at radius 2 is 0.810 bits per heavy atom. The summed E-state index contributed by atoms with van der Waals surface area (Å²) in [6.45, 7) is 4.75. The minimum Gasteiger partial charge on any atom is -0.457 e. The van der Waals surface area contributed by atoms with Crippen molar-refractivity contribution in [3.63, 3.8) is 0 Å². The molecular weight excluding hydrogens is 767 g/mol. The van der Waals surface area contributed by atoms with Gasteiger partial charge in [0.25, 0.3) is 0 Å². The summed E-state index contributed by atoms with van der Waals surface area (Å²) >= 11 is 0. The average molecular weight is 808 g/mol. The third-order valence-electron chi connectivity index (χ3n) is 13.2. The van der Waals surface area contributed by atoms with E-state index in [2.05, 4.69) is 208 Å². The Kier molecular flexibility index (Phi) is 8.38. The average Bonchev–Trinajstić information content (AvgIpc) is 3.35. The molecular formula is C59H41N3O. The van der Waals surface area contributed by atoms with Gasteiger partial charge in [-0.3, -0.25) is 0 Å². The first-order chi connectivity index (χ1) is 31.0. The second kappa shape index (κ2) is 14.3. The molecule has 2 aliphatic rings. The standard InChI is InChI=1S/C59H41N3O/c1-58(2)47-28-11-12-29-48(47)59(49-30-13-15-33-52(49)63-53-34-16-14-31-50(53)59)51-32-18-27-43(54(51)58)40-23-17-24-41(37-40)56-60-55(39-21-7-4-8-22-39)61-57(62-56)46-36-35-42(38-19-5-3-6-20-38)44-25-9-10-26-45(44)46/h3-37H,1-2H3. The predicted octanol–water partition coefficient (Wildman–Crippen LogP) is 14.5. The van der Waals surface area contributed by atoms with Crippen LogP contribution in [-0.4, -0.2) is 15.0 Å². The van der Waals surface area contributed by atoms with Crippen molar-refractivity contribution >= 4 is 10.8 Å². The lowest BCUT2D eigenvalue weighted by atomic mass is 9.53. The van der Waals surface area contributed by atoms with Gasteiger partial charge in [0.05, 0.1) is 5.41 Å². The van der Waals surface area contributed by atoms with Crippen molar-refractivity contribution in [2.24, 2.45) is 0 Å². The molecule has 4 nitrogen and oxygen atoms in total. The molecule has 12 rings (SSSR count). The zero-order valence-corrected chi connectivity index (χ0v) is 35.0. The van der Waals surface area contributed by atoms with Crippen LogP contribution in [0.2, 0.25) is 0 Å². The summed E-state index contributed by atoms with van der Waals surface area (Å²) in [5.41, 5.74) is 13.9. The second-order valence-electron chi connectivity index (χ2n) is 17.1. The first-order valence-corrected chi connectivity index (χ1v) is 21.6. The normalized spacial score (nSPS) is 13.9. The summed E-state index contributed by atoms with van der Waals surface area (Å²) in [7, 11) is 0. The van der Waals surface area contributed by atoms with Gasteiger partial charge in [0.15, 0.2) is 17.5 Å². The maximum absolute atomic E-state index is 6.68. The van der Waals surface area contributed by atoms with Crippen LogP contribution in [0.4, 0.5) is 0 Å². The molecule has 1 aliphatic carbocycles. The molecule has 4 heteroatoms. The van der Waals surface area contributed by atoms with E-state index >= 15 is 0 Å². The van der Waals surface area contributed by atoms with Crippen LogP contribution in [-0.2, 0) is 10.8 Å². The summed E-state index contributed by atoms with van der Waals surface area (Å²) in [5, 5.41) is 2.24. The minimum absolute atomic E-state index is 0.347. The van der Waals surface area contributed by atoms with E-state index in [4.69, 9.17) is 19.7 Å². The van der Waals surface area contributed by atoms with Crippen molar-refractivity contribution in [2.75, 3.05) is 0 Å². The highest BCUT2D eigenvalue weighted by atomic mass is 16.5. The lowest BCUT2D eigenvalue weighted by Gasteiger charge is -2.50. The number of aromatic nitrogens is 3. The van der Waals surface area contributed by atoms with E-state index in [1.165, 1.54) is 38.9 Å². The third-order valence-corrected chi connectivity index (χ3v) is 13.2. The van der Waals surface area contributed by atoms with Crippen LogP contribution in [0.1, 0.15) is 47.2 Å². The highest BCUT2D eigenvalue weighted by molar-refractivity contribution is 6.04. The van der Waals surface area contributed by atoms with Crippen LogP contribution in [0, 0.1) is 0 Å². The fourth-order valence-corrected chi connectivity index (χ4v) is 10.5. The van der Waals surface area contributed by atoms with E-state index in [0.29, 0.717) is 17.5 Å². The molecule has 298 valence electrons. The number of nitrogens with zero attached hydrogens (tertiary/aromatic N) is 3. The van der Waals surface area contributed by atoms with Gasteiger partial charge >= 0.3 is 0 Å². The van der Waals surface area contributed by atoms with E-state index < -0.39 is 5.41 Å². The molecule has 63 heavy (non-hydrogen) atoms. The Morgan fingerprint density at radius 3 is 1.51 bits per heavy atom. The molecule has 0 N–H and O–H groups in total. The number of para-hydroxylation sites is 2. The van der Waals surface area contributed by atoms with E-state index in [1.807, 2.05) is 18.2 Å². The first kappa shape index (κ1) is 36.9. The van der Waals surface area contributed by atoms with E-state index in [1.54, 1.807) is 0 Å². The number of rotatable bonds is 5. The molecule has 0 amide bonds. The maximum Gasteiger partial charge on any atom is 0.164 e. The van der Waals surface area contributed by atoms with Gasteiger partial charge in [-0.15, -0.1) is 0 Å². The summed E-state index contributed by atoms with van der Waals surface area (Å²) in [6.07, 6.45) is 0. The molecule has 10 aromatic rings. The summed E-state index contributed by atoms with van der Waals surface area (Å²) < 4.78 is 6.68. The van der Waals surface area contributed by atoms with E-state index in [9.17, 15) is 0 Å². The van der Waals surface area contributed by atoms with E-state index in [0.717, 1.165) is 55.7 Å². The predicted molar refractivity (Wildman–Crippen MR) is 255 cm³/mol. The molecule has 0 saturated heterocycles. The molecule has 1 aliphatic heterocycles. The zero-order valence-electron chi connectivity index (χ0n) is 35.0. The fraction of sp³-hybridized carbons (Fsp3) is 0.0678. The van der Waals surface area contributed by atoms with Crippen LogP contribution >= 0.6 is 0 Å². The largest absolute Gasteiger partial charge is 0.457 e. The third kappa shape index (κ3) is 5.65. The molecule has 0 radical (unpaired) electrons. The Labute approximate surface area is 367 Å². The highest BCUT2D eigenvalue weighted by Crippen LogP contribution is 2.62. The minimum atomic E-state index is -0.604. The lowest BCUT2D eigenvalue weighted by molar-refractivity contribution is 0.425. The molecule has 1 aromatic heterocycles. The molecule has 0 fully saturated rings. The molecule has 2 heterocycles. The maximum atomic E-state index is 6.68. The summed E-state index contributed by atoms with van der Waals surface area (Å²) in [5.74, 6) is 3.65. The quantitative estimate of drug-likeness (QED) is 0.174. The van der Waals surface area contributed by atoms with Crippen LogP contribution in [0.3, 0.4) is 0 Å². The van der Waals surface area contributed by atoms with Crippen LogP contribution in [0.25, 0.3) is 67.2 Å². The summed E-state index contributed by atoms with van der Waals surface area (Å²) in [4.78, 5) is 15.7. The van der Waals surface area contributed by atoms with E-state index in [-0.39, 0.29) is 5.41 Å². The molecule has 9 aromatic carbocycles. The number of hydrogen-bond acceptors (Lipinski definition) is 4. The number of fused-ring (bicyclic) bond motifs is 9. The SMILES string of the molecule is CC1(C)c2ccccc2C2(c3ccccc3Oc3ccccc32)c2cccc(-c3cccc(-c4nc(-c5ccccc5)nc(-c5ccc(-c6ccccc6)c6ccccc56)n4)c3)c21. The van der Waals surface area contributed by atoms with Crippen molar-refractivity contribution in [2.45, 2.75) is 24.7 Å². The number of benzene rings is 9. The molecule has 0 unspecified atom stereocenters. The smallest absolute Gasteiger partial charge is 0.164 e. The topological polar surface area (TPSA) is 47.9 Å². The van der Waals surface area contributed by atoms with Crippen molar-refractivity contribution in [1.29, 1.82) is 0 Å². The Morgan fingerprint density at radius 1 is 0.333 bits per heavy atom. The van der Waals surface area contributed by atoms with Gasteiger partial charge in [-0.2, -0.15) is 0 Å². The van der Waals surface area contributed by atoms with Crippen LogP contribution < -0.4 is 4.74 Å². The van der Waals surface area contributed by atoms with Gasteiger partial charge in [-0.1, -0.05) is 202 Å². The van der Waals surface area contributed by atoms with Crippen molar-refractivity contribution in [1.82, 2.24) is 15.0 Å². The first-order valence-electron chi connectivity index (χ1n) is 21.6. The van der Waals surface area contributed by atoms with Crippen LogP contribution in [0.5, 0.6) is 11.5 Å². The van der Waals surface area contributed by atoms with Crippen molar-refractivity contribution in [3.05, 3.63) is 246 Å². The highest BCUT2D eigenvalue weighted by Gasteiger charge is 2.53. The lowest BCUT2D eigenvalue weighted by Crippen LogP contribution is -2.43. The van der Waals surface area contributed by atoms with Gasteiger partial charge in [0.2, 0.25) is 0 Å². The molecule has 0 bridgehead atoms. The van der Waals surface area contributed by atoms with Crippen molar-refractivity contribution < 1.29 is 4.74 Å². The fourth-order valence-electron chi connectivity index (χ4n) is 10.5. The summed E-state index contributed by atoms with van der Waals surface area (Å²) in [6, 6.07) is 75.4. The molecule has 0 atom stereocenters. The van der Waals surface area contributed by atoms with Gasteiger partial charge in [0.1, 0.15) is 11.5 Å². The zero-order chi connectivity index (χ0) is 42.1. The van der Waals surface area contributed by atoms with Gasteiger partial charge in [0, 0.05) is 33.2 Å². The Balaban J connectivity index is 1.07. The van der Waals surface area contributed by atoms with Crippen LogP contribution in [0.15, 0.2) is 212 Å². The van der Waals surface area contributed by atoms with Crippen molar-refractivity contribution in [3.8, 4) is 67.9 Å². The number of ether oxygens (including phenoxy) is 1. The second-order valence-corrected chi connectivity index (χ2v) is 17.1. The monoisotopic (exact) mass is 807 g/mol. The number of hydrogen-bond donors (Lipinski definition) is 0. The molecule has 0 saturated carbocycles. The van der Waals surface area contributed by atoms with Gasteiger partial charge in [-0.25, -0.2) is 15.0 Å². The Bertz CT molecular complexity index is 3360. The van der Waals surface area contributed by atoms with Gasteiger partial charge < -0.3 is 4.74 Å².